The van der Waals surface area contributed by atoms with E-state index in [0.717, 1.165) is 89.5 Å². The second-order valence-electron chi connectivity index (χ2n) is 15.1. The molecule has 1 aromatic carbocycles. The number of hydrogen-bond acceptors (Lipinski definition) is 9. The average Bonchev–Trinajstić information content (AvgIpc) is 3.36. The van der Waals surface area contributed by atoms with E-state index in [2.05, 4.69) is 40.9 Å². The summed E-state index contributed by atoms with van der Waals surface area (Å²) in [7, 11) is 0. The van der Waals surface area contributed by atoms with Crippen LogP contribution in [0.5, 0.6) is 5.75 Å². The van der Waals surface area contributed by atoms with Crippen molar-refractivity contribution in [2.75, 3.05) is 23.9 Å². The van der Waals surface area contributed by atoms with E-state index in [1.54, 1.807) is 55.4 Å². The molecule has 0 radical (unpaired) electrons. The number of halogens is 4. The minimum atomic E-state index is -4.55. The Kier molecular flexibility index (Phi) is 17.8. The number of aryl methyl sites for hydroxylation is 2. The fourth-order valence-corrected chi connectivity index (χ4v) is 7.67. The molecule has 0 fully saturated rings. The van der Waals surface area contributed by atoms with Crippen molar-refractivity contribution in [2.24, 2.45) is 0 Å². The summed E-state index contributed by atoms with van der Waals surface area (Å²) in [5.74, 6) is 1.05. The van der Waals surface area contributed by atoms with E-state index in [1.165, 1.54) is 12.2 Å². The molecular weight excluding hydrogens is 958 g/mol. The molecule has 0 bridgehead atoms. The van der Waals surface area contributed by atoms with Crippen LogP contribution in [0.15, 0.2) is 164 Å². The largest absolute Gasteiger partial charge is 0.456 e. The maximum absolute atomic E-state index is 14.3. The molecule has 7 aromatic rings. The number of hydrogen-bond donors (Lipinski definition) is 0. The Hall–Kier alpha value is -6.87. The predicted octanol–water partition coefficient (Wildman–Crippen LogP) is 12.5. The molecule has 0 atom stereocenters. The monoisotopic (exact) mass is 1000 g/mol. The van der Waals surface area contributed by atoms with Crippen LogP contribution < -0.4 is 9.64 Å². The number of rotatable bonds is 5. The molecule has 3 aliphatic rings. The number of allylic oxidation sites excluding steroid dienone is 5. The molecule has 0 N–H and O–H groups in total. The predicted molar refractivity (Wildman–Crippen MR) is 255 cm³/mol. The standard InChI is InChI=1S/C31H25F3N4O.2C10H8N2.C2H5Cl.Ru/c1-19-8-10-36-27(14-19)28-16-20(9-11-37-28)22(18-35)6-7-23-17-26(31(32,33)34)25-15-21-4-2-12-38-13-3-5-24(29(21)38)30(25)39-23;2*1-3-7-11-9(5-1)10-6-2-4-8-12-10;1-2-3;/h6-11,14-17H,2-5,12-13H2,1H3;2*1-8H;2H2,1H3;/b22-6+,23-7-;;;;. The van der Waals surface area contributed by atoms with Crippen LogP contribution in [0.1, 0.15) is 47.6 Å². The first-order valence-corrected chi connectivity index (χ1v) is 22.0. The molecule has 0 amide bonds. The fraction of sp³-hybridized carbons (Fsp3) is 0.189. The zero-order valence-corrected chi connectivity index (χ0v) is 39.3. The van der Waals surface area contributed by atoms with E-state index in [4.69, 9.17) is 16.3 Å². The van der Waals surface area contributed by atoms with Crippen molar-refractivity contribution in [3.63, 3.8) is 0 Å². The number of pyridine rings is 6. The van der Waals surface area contributed by atoms with Crippen molar-refractivity contribution in [1.82, 2.24) is 29.9 Å². The Morgan fingerprint density at radius 3 is 1.72 bits per heavy atom. The first-order chi connectivity index (χ1) is 32.2. The van der Waals surface area contributed by atoms with Gasteiger partial charge in [-0.2, -0.15) is 18.4 Å². The van der Waals surface area contributed by atoms with Gasteiger partial charge in [0, 0.05) is 92.4 Å². The van der Waals surface area contributed by atoms with E-state index in [0.29, 0.717) is 23.4 Å². The van der Waals surface area contributed by atoms with Crippen molar-refractivity contribution in [3.8, 4) is 46.0 Å². The Labute approximate surface area is 406 Å². The molecule has 9 heterocycles. The Morgan fingerprint density at radius 1 is 0.716 bits per heavy atom. The van der Waals surface area contributed by atoms with Crippen LogP contribution >= 0.6 is 11.6 Å². The maximum Gasteiger partial charge on any atom is 0.417 e. The van der Waals surface area contributed by atoms with Gasteiger partial charge < -0.3 is 9.64 Å². The van der Waals surface area contributed by atoms with Gasteiger partial charge in [-0.15, -0.1) is 11.6 Å². The topological polar surface area (TPSA) is 114 Å². The van der Waals surface area contributed by atoms with Crippen LogP contribution in [-0.2, 0) is 32.3 Å². The van der Waals surface area contributed by atoms with Gasteiger partial charge in [0.15, 0.2) is 0 Å². The number of nitriles is 1. The first kappa shape index (κ1) is 49.6. The second kappa shape index (κ2) is 24.1. The van der Waals surface area contributed by atoms with Crippen LogP contribution in [0.2, 0.25) is 0 Å². The zero-order chi connectivity index (χ0) is 46.3. The molecule has 14 heteroatoms. The SMILES string of the molecule is CCCl.Cc1ccnc(-c2cc(/C(C#N)=C/C=C3/C=C(C(F)(F)F)c4cc5c6c(c4O3)CCCN6CCC5)ccn2)c1.[Ru].c1ccc(-c2ccccn2)nc1.c1ccc(-c2ccccn2)nc1. The molecule has 0 saturated carbocycles. The number of benzene rings is 1. The quantitative estimate of drug-likeness (QED) is 0.0945. The smallest absolute Gasteiger partial charge is 0.417 e. The number of ether oxygens (including phenoxy) is 1. The van der Waals surface area contributed by atoms with Crippen LogP contribution in [0.3, 0.4) is 0 Å². The normalized spacial score (nSPS) is 14.0. The molecule has 0 unspecified atom stereocenters. The van der Waals surface area contributed by atoms with Gasteiger partial charge in [-0.1, -0.05) is 31.2 Å². The van der Waals surface area contributed by atoms with Gasteiger partial charge in [0.25, 0.3) is 0 Å². The van der Waals surface area contributed by atoms with Crippen LogP contribution in [-0.4, -0.2) is 55.0 Å². The van der Waals surface area contributed by atoms with E-state index in [9.17, 15) is 18.4 Å². The van der Waals surface area contributed by atoms with Crippen molar-refractivity contribution in [1.29, 1.82) is 5.26 Å². The first-order valence-electron chi connectivity index (χ1n) is 21.5. The summed E-state index contributed by atoms with van der Waals surface area (Å²) in [4.78, 5) is 27.7. The Bertz CT molecular complexity index is 2710. The summed E-state index contributed by atoms with van der Waals surface area (Å²) in [6.07, 6.45) is 13.0. The number of nitrogens with zero attached hydrogens (tertiary/aromatic N) is 8. The number of fused-ring (bicyclic) bond motifs is 2. The summed E-state index contributed by atoms with van der Waals surface area (Å²) in [6, 6.07) is 34.2. The average molecular weight is 1000 g/mol. The number of alkyl halides is 4. The molecule has 10 rings (SSSR count). The van der Waals surface area contributed by atoms with Crippen LogP contribution in [0, 0.1) is 18.3 Å². The third kappa shape index (κ3) is 12.9. The number of anilines is 1. The minimum Gasteiger partial charge on any atom is -0.456 e. The van der Waals surface area contributed by atoms with Crippen molar-refractivity contribution in [3.05, 3.63) is 192 Å². The zero-order valence-electron chi connectivity index (χ0n) is 36.8. The number of aromatic nitrogens is 6. The molecule has 3 aliphatic heterocycles. The van der Waals surface area contributed by atoms with Gasteiger partial charge in [-0.3, -0.25) is 29.9 Å². The summed E-state index contributed by atoms with van der Waals surface area (Å²) in [5.41, 5.74) is 9.04. The van der Waals surface area contributed by atoms with E-state index in [-0.39, 0.29) is 42.1 Å². The Morgan fingerprint density at radius 2 is 1.22 bits per heavy atom. The third-order valence-electron chi connectivity index (χ3n) is 10.5. The fourth-order valence-electron chi connectivity index (χ4n) is 7.67. The molecular formula is C53H46ClF3N8ORu. The van der Waals surface area contributed by atoms with Crippen molar-refractivity contribution in [2.45, 2.75) is 45.7 Å². The van der Waals surface area contributed by atoms with Crippen LogP contribution in [0.4, 0.5) is 18.9 Å². The van der Waals surface area contributed by atoms with Gasteiger partial charge in [0.2, 0.25) is 0 Å². The van der Waals surface area contributed by atoms with Crippen LogP contribution in [0.25, 0.3) is 45.3 Å². The van der Waals surface area contributed by atoms with Gasteiger partial charge >= 0.3 is 6.18 Å². The second-order valence-corrected chi connectivity index (χ2v) is 15.7. The molecule has 67 heavy (non-hydrogen) atoms. The molecule has 0 saturated heterocycles. The third-order valence-corrected chi connectivity index (χ3v) is 10.5. The van der Waals surface area contributed by atoms with Crippen molar-refractivity contribution >= 4 is 28.4 Å². The minimum absolute atomic E-state index is 0. The molecule has 9 nitrogen and oxygen atoms in total. The van der Waals surface area contributed by atoms with Gasteiger partial charge in [0.1, 0.15) is 11.5 Å². The molecule has 6 aromatic heterocycles. The van der Waals surface area contributed by atoms with E-state index < -0.39 is 11.7 Å². The van der Waals surface area contributed by atoms with Crippen molar-refractivity contribution < 1.29 is 37.4 Å². The molecule has 340 valence electrons. The summed E-state index contributed by atoms with van der Waals surface area (Å²) in [5, 5.41) is 9.88. The molecule has 0 aliphatic carbocycles. The van der Waals surface area contributed by atoms with Gasteiger partial charge in [0.05, 0.1) is 51.4 Å². The maximum atomic E-state index is 14.3. The summed E-state index contributed by atoms with van der Waals surface area (Å²) < 4.78 is 49.0. The van der Waals surface area contributed by atoms with E-state index in [1.807, 2.05) is 98.8 Å². The Balaban J connectivity index is 0.000000213. The van der Waals surface area contributed by atoms with Gasteiger partial charge in [-0.25, -0.2) is 0 Å². The summed E-state index contributed by atoms with van der Waals surface area (Å²) in [6.45, 7) is 5.66. The molecule has 0 spiro atoms. The summed E-state index contributed by atoms with van der Waals surface area (Å²) >= 11 is 5.00. The van der Waals surface area contributed by atoms with E-state index >= 15 is 0 Å². The van der Waals surface area contributed by atoms with Gasteiger partial charge in [-0.05, 0) is 146 Å².